The summed E-state index contributed by atoms with van der Waals surface area (Å²) in [6.45, 7) is 1.12. The van der Waals surface area contributed by atoms with Gasteiger partial charge in [-0.2, -0.15) is 13.2 Å². The van der Waals surface area contributed by atoms with Gasteiger partial charge in [-0.05, 0) is 29.3 Å². The van der Waals surface area contributed by atoms with E-state index < -0.39 is 27.7 Å². The van der Waals surface area contributed by atoms with E-state index >= 15 is 0 Å². The first-order valence-corrected chi connectivity index (χ1v) is 9.88. The zero-order chi connectivity index (χ0) is 18.9. The van der Waals surface area contributed by atoms with Crippen molar-refractivity contribution in [2.45, 2.75) is 23.3 Å². The second kappa shape index (κ2) is 8.18. The summed E-state index contributed by atoms with van der Waals surface area (Å²) in [5.74, 6) is 0. The molecule has 0 aliphatic carbocycles. The van der Waals surface area contributed by atoms with E-state index in [1.54, 1.807) is 0 Å². The summed E-state index contributed by atoms with van der Waals surface area (Å²) in [5.41, 5.74) is -0.274. The number of sulfone groups is 1. The minimum atomic E-state index is -4.51. The fourth-order valence-corrected chi connectivity index (χ4v) is 3.39. The maximum atomic E-state index is 13.4. The Labute approximate surface area is 162 Å². The molecule has 4 nitrogen and oxygen atoms in total. The Bertz CT molecular complexity index is 881. The molecule has 2 aromatic rings. The Balaban J connectivity index is 0.00000261. The highest BCUT2D eigenvalue weighted by Crippen LogP contribution is 2.38. The molecular weight excluding hydrogens is 403 g/mol. The average Bonchev–Trinajstić information content (AvgIpc) is 2.53. The first kappa shape index (κ1) is 21.7. The van der Waals surface area contributed by atoms with Crippen LogP contribution in [0.25, 0.3) is 0 Å². The Kier molecular flexibility index (Phi) is 6.57. The molecule has 2 aromatic carbocycles. The summed E-state index contributed by atoms with van der Waals surface area (Å²) in [5, 5.41) is 3.02. The van der Waals surface area contributed by atoms with Crippen molar-refractivity contribution < 1.29 is 26.3 Å². The van der Waals surface area contributed by atoms with Gasteiger partial charge in [0.1, 0.15) is 6.10 Å². The van der Waals surface area contributed by atoms with Gasteiger partial charge in [-0.1, -0.05) is 30.3 Å². The molecule has 27 heavy (non-hydrogen) atoms. The lowest BCUT2D eigenvalue weighted by molar-refractivity contribution is -0.140. The first-order valence-electron chi connectivity index (χ1n) is 7.98. The van der Waals surface area contributed by atoms with Crippen LogP contribution in [0.15, 0.2) is 53.4 Å². The van der Waals surface area contributed by atoms with Crippen molar-refractivity contribution in [3.8, 4) is 0 Å². The molecule has 0 spiro atoms. The van der Waals surface area contributed by atoms with E-state index in [1.165, 1.54) is 42.5 Å². The first-order chi connectivity index (χ1) is 12.2. The number of alkyl halides is 3. The highest BCUT2D eigenvalue weighted by Gasteiger charge is 2.36. The van der Waals surface area contributed by atoms with Crippen LogP contribution in [0.3, 0.4) is 0 Å². The number of nitrogens with one attached hydrogen (secondary N) is 1. The molecule has 1 aliphatic rings. The maximum Gasteiger partial charge on any atom is 0.416 e. The predicted octanol–water partition coefficient (Wildman–Crippen LogP) is 3.61. The summed E-state index contributed by atoms with van der Waals surface area (Å²) in [6, 6.07) is 11.1. The van der Waals surface area contributed by atoms with Gasteiger partial charge in [0.15, 0.2) is 9.84 Å². The highest BCUT2D eigenvalue weighted by atomic mass is 35.5. The molecule has 1 saturated heterocycles. The van der Waals surface area contributed by atoms with Crippen molar-refractivity contribution in [2.24, 2.45) is 0 Å². The monoisotopic (exact) mass is 421 g/mol. The van der Waals surface area contributed by atoms with Crippen LogP contribution >= 0.6 is 12.4 Å². The number of halogens is 4. The molecule has 1 heterocycles. The summed E-state index contributed by atoms with van der Waals surface area (Å²) < 4.78 is 69.4. The van der Waals surface area contributed by atoms with Crippen LogP contribution in [0, 0.1) is 0 Å². The van der Waals surface area contributed by atoms with Crippen LogP contribution < -0.4 is 5.32 Å². The fourth-order valence-electron chi connectivity index (χ4n) is 2.76. The van der Waals surface area contributed by atoms with Crippen LogP contribution in [-0.4, -0.2) is 33.9 Å². The number of rotatable bonds is 5. The summed E-state index contributed by atoms with van der Waals surface area (Å²) in [4.78, 5) is 0.106. The van der Waals surface area contributed by atoms with E-state index in [1.807, 2.05) is 0 Å². The molecule has 0 radical (unpaired) electrons. The molecule has 1 N–H and O–H groups in total. The van der Waals surface area contributed by atoms with Crippen molar-refractivity contribution in [3.63, 3.8) is 0 Å². The van der Waals surface area contributed by atoms with Gasteiger partial charge >= 0.3 is 6.18 Å². The van der Waals surface area contributed by atoms with Crippen LogP contribution in [-0.2, 0) is 20.8 Å². The number of benzene rings is 2. The van der Waals surface area contributed by atoms with Crippen molar-refractivity contribution in [1.82, 2.24) is 5.32 Å². The third kappa shape index (κ3) is 5.01. The molecule has 1 aliphatic heterocycles. The second-order valence-electron chi connectivity index (χ2n) is 6.22. The van der Waals surface area contributed by atoms with Crippen molar-refractivity contribution >= 4 is 22.2 Å². The van der Waals surface area contributed by atoms with E-state index in [-0.39, 0.29) is 29.0 Å². The minimum Gasteiger partial charge on any atom is -0.363 e. The Morgan fingerprint density at radius 1 is 1.07 bits per heavy atom. The SMILES string of the molecule is CS(=O)(=O)c1ccc(C(OC2CNC2)c2ccccc2C(F)(F)F)cc1.Cl. The summed E-state index contributed by atoms with van der Waals surface area (Å²) in [7, 11) is -3.39. The lowest BCUT2D eigenvalue weighted by Gasteiger charge is -2.33. The number of hydrogen-bond acceptors (Lipinski definition) is 4. The largest absolute Gasteiger partial charge is 0.416 e. The fraction of sp³-hybridized carbons (Fsp3) is 0.333. The zero-order valence-electron chi connectivity index (χ0n) is 14.4. The highest BCUT2D eigenvalue weighted by molar-refractivity contribution is 7.90. The Hall–Kier alpha value is -1.61. The molecule has 1 atom stereocenters. The molecule has 148 valence electrons. The van der Waals surface area contributed by atoms with E-state index in [9.17, 15) is 21.6 Å². The zero-order valence-corrected chi connectivity index (χ0v) is 16.0. The normalized spacial score (nSPS) is 16.3. The van der Waals surface area contributed by atoms with Crippen LogP contribution in [0.5, 0.6) is 0 Å². The van der Waals surface area contributed by atoms with E-state index in [4.69, 9.17) is 4.74 Å². The Morgan fingerprint density at radius 2 is 1.67 bits per heavy atom. The van der Waals surface area contributed by atoms with Crippen molar-refractivity contribution in [3.05, 3.63) is 65.2 Å². The summed E-state index contributed by atoms with van der Waals surface area (Å²) >= 11 is 0. The third-order valence-electron chi connectivity index (χ3n) is 4.23. The van der Waals surface area contributed by atoms with Crippen LogP contribution in [0.2, 0.25) is 0 Å². The minimum absolute atomic E-state index is 0. The van der Waals surface area contributed by atoms with Crippen molar-refractivity contribution in [2.75, 3.05) is 19.3 Å². The molecule has 0 amide bonds. The quantitative estimate of drug-likeness (QED) is 0.801. The third-order valence-corrected chi connectivity index (χ3v) is 5.36. The van der Waals surface area contributed by atoms with Gasteiger partial charge in [-0.15, -0.1) is 12.4 Å². The van der Waals surface area contributed by atoms with Crippen molar-refractivity contribution in [1.29, 1.82) is 0 Å². The van der Waals surface area contributed by atoms with Gasteiger partial charge < -0.3 is 10.1 Å². The van der Waals surface area contributed by atoms with Crippen LogP contribution in [0.4, 0.5) is 13.2 Å². The smallest absolute Gasteiger partial charge is 0.363 e. The Morgan fingerprint density at radius 3 is 2.15 bits per heavy atom. The molecule has 3 rings (SSSR count). The lowest BCUT2D eigenvalue weighted by Crippen LogP contribution is -2.49. The maximum absolute atomic E-state index is 13.4. The van der Waals surface area contributed by atoms with Gasteiger partial charge in [0, 0.05) is 19.3 Å². The standard InChI is InChI=1S/C18H18F3NO3S.ClH/c1-26(23,24)14-8-6-12(7-9-14)17(25-13-10-22-11-13)15-4-2-3-5-16(15)18(19,20)21;/h2-9,13,17,22H,10-11H2,1H3;1H. The van der Waals surface area contributed by atoms with Gasteiger partial charge in [0.05, 0.1) is 16.6 Å². The molecular formula is C18H19ClF3NO3S. The van der Waals surface area contributed by atoms with Gasteiger partial charge in [0.2, 0.25) is 0 Å². The molecule has 0 saturated carbocycles. The topological polar surface area (TPSA) is 55.4 Å². The molecule has 1 fully saturated rings. The number of ether oxygens (including phenoxy) is 1. The average molecular weight is 422 g/mol. The van der Waals surface area contributed by atoms with E-state index in [0.717, 1.165) is 12.3 Å². The van der Waals surface area contributed by atoms with Gasteiger partial charge in [-0.25, -0.2) is 8.42 Å². The molecule has 1 unspecified atom stereocenters. The van der Waals surface area contributed by atoms with E-state index in [2.05, 4.69) is 5.32 Å². The predicted molar refractivity (Wildman–Crippen MR) is 97.8 cm³/mol. The van der Waals surface area contributed by atoms with Gasteiger partial charge in [-0.3, -0.25) is 0 Å². The molecule has 0 bridgehead atoms. The van der Waals surface area contributed by atoms with E-state index in [0.29, 0.717) is 18.7 Å². The van der Waals surface area contributed by atoms with Crippen LogP contribution in [0.1, 0.15) is 22.8 Å². The lowest BCUT2D eigenvalue weighted by atomic mass is 9.96. The molecule has 0 aromatic heterocycles. The number of hydrogen-bond donors (Lipinski definition) is 1. The molecule has 9 heteroatoms. The summed E-state index contributed by atoms with van der Waals surface area (Å²) in [6.07, 6.45) is -4.57. The van der Waals surface area contributed by atoms with Gasteiger partial charge in [0.25, 0.3) is 0 Å². The second-order valence-corrected chi connectivity index (χ2v) is 8.24.